The van der Waals surface area contributed by atoms with Crippen molar-refractivity contribution in [3.8, 4) is 10.6 Å². The number of carbonyl (C=O) groups excluding carboxylic acids is 1. The van der Waals surface area contributed by atoms with Crippen LogP contribution in [0.1, 0.15) is 35.3 Å². The van der Waals surface area contributed by atoms with Gasteiger partial charge in [-0.1, -0.05) is 6.07 Å². The predicted molar refractivity (Wildman–Crippen MR) is 128 cm³/mol. The van der Waals surface area contributed by atoms with Gasteiger partial charge in [-0.15, -0.1) is 36.2 Å². The zero-order valence-electron chi connectivity index (χ0n) is 17.6. The van der Waals surface area contributed by atoms with Crippen molar-refractivity contribution in [3.05, 3.63) is 34.8 Å². The van der Waals surface area contributed by atoms with Crippen molar-refractivity contribution in [1.29, 1.82) is 0 Å². The molecule has 30 heavy (non-hydrogen) atoms. The van der Waals surface area contributed by atoms with Gasteiger partial charge in [-0.2, -0.15) is 5.10 Å². The summed E-state index contributed by atoms with van der Waals surface area (Å²) in [5.74, 6) is 0.809. The van der Waals surface area contributed by atoms with Crippen molar-refractivity contribution < 1.29 is 4.79 Å². The number of aromatic nitrogens is 3. The second-order valence-electron chi connectivity index (χ2n) is 7.57. The summed E-state index contributed by atoms with van der Waals surface area (Å²) in [6.07, 6.45) is 3.33. The van der Waals surface area contributed by atoms with Gasteiger partial charge in [0.15, 0.2) is 5.65 Å². The molecule has 9 heteroatoms. The van der Waals surface area contributed by atoms with E-state index < -0.39 is 0 Å². The number of pyridine rings is 1. The monoisotopic (exact) mass is 469 g/mol. The molecule has 1 aliphatic rings. The molecule has 1 aliphatic heterocycles. The van der Waals surface area contributed by atoms with Crippen LogP contribution in [0.25, 0.3) is 21.6 Å². The maximum absolute atomic E-state index is 13.5. The zero-order chi connectivity index (χ0) is 19.7. The number of hydrogen-bond donors (Lipinski definition) is 1. The number of hydrogen-bond acceptors (Lipinski definition) is 5. The van der Waals surface area contributed by atoms with E-state index in [1.54, 1.807) is 16.0 Å². The Morgan fingerprint density at radius 3 is 2.67 bits per heavy atom. The molecule has 4 heterocycles. The summed E-state index contributed by atoms with van der Waals surface area (Å²) < 4.78 is 1.78. The Morgan fingerprint density at radius 2 is 2.03 bits per heavy atom. The highest BCUT2D eigenvalue weighted by Gasteiger charge is 2.27. The molecular weight excluding hydrogens is 441 g/mol. The third-order valence-corrected chi connectivity index (χ3v) is 6.57. The lowest BCUT2D eigenvalue weighted by atomic mass is 9.93. The number of amides is 1. The number of aryl methyl sites for hydroxylation is 2. The molecule has 1 fully saturated rings. The summed E-state index contributed by atoms with van der Waals surface area (Å²) in [4.78, 5) is 21.4. The lowest BCUT2D eigenvalue weighted by Crippen LogP contribution is -2.39. The maximum Gasteiger partial charge on any atom is 0.254 e. The Labute approximate surface area is 193 Å². The molecule has 1 amide bonds. The van der Waals surface area contributed by atoms with Gasteiger partial charge in [-0.3, -0.25) is 9.48 Å². The molecule has 0 aromatic carbocycles. The fourth-order valence-corrected chi connectivity index (χ4v) is 4.79. The Morgan fingerprint density at radius 1 is 1.30 bits per heavy atom. The van der Waals surface area contributed by atoms with Crippen LogP contribution in [0.4, 0.5) is 0 Å². The van der Waals surface area contributed by atoms with Gasteiger partial charge < -0.3 is 10.2 Å². The van der Waals surface area contributed by atoms with Crippen LogP contribution in [-0.2, 0) is 7.05 Å². The number of nitrogens with one attached hydrogen (secondary N) is 1. The molecule has 0 radical (unpaired) electrons. The molecular formula is C21H29Cl2N5OS. The lowest BCUT2D eigenvalue weighted by Gasteiger charge is -2.32. The van der Waals surface area contributed by atoms with E-state index >= 15 is 0 Å². The van der Waals surface area contributed by atoms with Crippen LogP contribution in [0.2, 0.25) is 0 Å². The molecule has 0 bridgehead atoms. The number of fused-ring (bicyclic) bond motifs is 1. The number of piperidine rings is 1. The first-order valence-corrected chi connectivity index (χ1v) is 10.8. The summed E-state index contributed by atoms with van der Waals surface area (Å²) in [5.41, 5.74) is 3.20. The predicted octanol–water partition coefficient (Wildman–Crippen LogP) is 4.31. The summed E-state index contributed by atoms with van der Waals surface area (Å²) in [6.45, 7) is 4.65. The van der Waals surface area contributed by atoms with E-state index in [-0.39, 0.29) is 30.7 Å². The third-order valence-electron chi connectivity index (χ3n) is 5.68. The van der Waals surface area contributed by atoms with Crippen molar-refractivity contribution in [1.82, 2.24) is 25.0 Å². The maximum atomic E-state index is 13.5. The lowest BCUT2D eigenvalue weighted by molar-refractivity contribution is 0.0689. The molecule has 3 aromatic heterocycles. The molecule has 4 rings (SSSR count). The van der Waals surface area contributed by atoms with Gasteiger partial charge in [0.25, 0.3) is 5.91 Å². The summed E-state index contributed by atoms with van der Waals surface area (Å²) in [5, 5.41) is 10.7. The number of carbonyl (C=O) groups is 1. The zero-order valence-corrected chi connectivity index (χ0v) is 20.0. The van der Waals surface area contributed by atoms with Crippen LogP contribution in [-0.4, -0.2) is 52.3 Å². The standard InChI is InChI=1S/C21H27N5OS.2ClH/c1-14-19-16(21(27)26-10-7-15(8-11-26)6-9-22-2)13-17(18-5-4-12-28-18)23-20(19)25(3)24-14;;/h4-5,12-13,15,22H,6-11H2,1-3H3;2*1H. The number of halogens is 2. The third kappa shape index (κ3) is 4.80. The number of thiophene rings is 1. The smallest absolute Gasteiger partial charge is 0.254 e. The second kappa shape index (κ2) is 10.6. The van der Waals surface area contributed by atoms with E-state index in [1.807, 2.05) is 49.5 Å². The SMILES string of the molecule is CNCCC1CCN(C(=O)c2cc(-c3cccs3)nc3c2c(C)nn3C)CC1.Cl.Cl. The van der Waals surface area contributed by atoms with Gasteiger partial charge in [-0.05, 0) is 63.2 Å². The van der Waals surface area contributed by atoms with Crippen molar-refractivity contribution >= 4 is 53.1 Å². The quantitative estimate of drug-likeness (QED) is 0.604. The van der Waals surface area contributed by atoms with E-state index in [0.717, 1.165) is 65.3 Å². The fourth-order valence-electron chi connectivity index (χ4n) is 4.11. The first-order valence-electron chi connectivity index (χ1n) is 9.90. The minimum atomic E-state index is 0. The van der Waals surface area contributed by atoms with Crippen molar-refractivity contribution in [3.63, 3.8) is 0 Å². The Kier molecular flexibility index (Phi) is 8.67. The van der Waals surface area contributed by atoms with Gasteiger partial charge in [0.1, 0.15) is 0 Å². The molecule has 1 N–H and O–H groups in total. The van der Waals surface area contributed by atoms with E-state index in [9.17, 15) is 4.79 Å². The highest BCUT2D eigenvalue weighted by molar-refractivity contribution is 7.13. The number of rotatable bonds is 5. The molecule has 0 unspecified atom stereocenters. The minimum absolute atomic E-state index is 0. The Hall–Kier alpha value is -1.67. The first-order chi connectivity index (χ1) is 13.6. The molecule has 6 nitrogen and oxygen atoms in total. The number of likely N-dealkylation sites (tertiary alicyclic amines) is 1. The van der Waals surface area contributed by atoms with Crippen LogP contribution in [0.15, 0.2) is 23.6 Å². The van der Waals surface area contributed by atoms with E-state index in [1.165, 1.54) is 6.42 Å². The Balaban J connectivity index is 0.00000160. The van der Waals surface area contributed by atoms with Crippen molar-refractivity contribution in [2.24, 2.45) is 13.0 Å². The molecule has 0 spiro atoms. The van der Waals surface area contributed by atoms with Crippen LogP contribution >= 0.6 is 36.2 Å². The van der Waals surface area contributed by atoms with Gasteiger partial charge in [0.2, 0.25) is 0 Å². The molecule has 0 saturated carbocycles. The van der Waals surface area contributed by atoms with Crippen LogP contribution in [0.3, 0.4) is 0 Å². The normalized spacial score (nSPS) is 14.4. The first kappa shape index (κ1) is 24.6. The van der Waals surface area contributed by atoms with Gasteiger partial charge in [0.05, 0.1) is 27.2 Å². The molecule has 164 valence electrons. The van der Waals surface area contributed by atoms with Crippen molar-refractivity contribution in [2.45, 2.75) is 26.2 Å². The topological polar surface area (TPSA) is 63.1 Å². The average Bonchev–Trinajstić information content (AvgIpc) is 3.34. The highest BCUT2D eigenvalue weighted by Crippen LogP contribution is 2.31. The highest BCUT2D eigenvalue weighted by atomic mass is 35.5. The van der Waals surface area contributed by atoms with Crippen LogP contribution in [0.5, 0.6) is 0 Å². The summed E-state index contributed by atoms with van der Waals surface area (Å²) in [6, 6.07) is 6.01. The van der Waals surface area contributed by atoms with E-state index in [4.69, 9.17) is 4.98 Å². The largest absolute Gasteiger partial charge is 0.339 e. The fraction of sp³-hybridized carbons (Fsp3) is 0.476. The molecule has 3 aromatic rings. The average molecular weight is 470 g/mol. The molecule has 1 saturated heterocycles. The van der Waals surface area contributed by atoms with Crippen molar-refractivity contribution in [2.75, 3.05) is 26.7 Å². The molecule has 0 atom stereocenters. The number of nitrogens with zero attached hydrogens (tertiary/aromatic N) is 4. The Bertz CT molecular complexity index is 981. The van der Waals surface area contributed by atoms with E-state index in [2.05, 4.69) is 10.4 Å². The summed E-state index contributed by atoms with van der Waals surface area (Å²) >= 11 is 1.64. The minimum Gasteiger partial charge on any atom is -0.339 e. The summed E-state index contributed by atoms with van der Waals surface area (Å²) in [7, 11) is 3.89. The van der Waals surface area contributed by atoms with Gasteiger partial charge in [-0.25, -0.2) is 4.98 Å². The second-order valence-corrected chi connectivity index (χ2v) is 8.52. The van der Waals surface area contributed by atoms with Gasteiger partial charge in [0, 0.05) is 20.1 Å². The molecule has 0 aliphatic carbocycles. The van der Waals surface area contributed by atoms with Crippen LogP contribution in [0, 0.1) is 12.8 Å². The van der Waals surface area contributed by atoms with Gasteiger partial charge >= 0.3 is 0 Å². The van der Waals surface area contributed by atoms with E-state index in [0.29, 0.717) is 5.92 Å². The van der Waals surface area contributed by atoms with Crippen LogP contribution < -0.4 is 5.32 Å².